The predicted octanol–water partition coefficient (Wildman–Crippen LogP) is 4.63. The van der Waals surface area contributed by atoms with E-state index in [1.54, 1.807) is 13.2 Å². The number of nitrogens with zero attached hydrogens (tertiary/aromatic N) is 4. The molecule has 2 atom stereocenters. The maximum absolute atomic E-state index is 14.0. The molecule has 4 aliphatic rings. The number of piperidine rings is 1. The summed E-state index contributed by atoms with van der Waals surface area (Å²) in [5.41, 5.74) is 4.40. The number of carbonyl (C=O) groups is 1. The van der Waals surface area contributed by atoms with Crippen LogP contribution in [0.25, 0.3) is 5.57 Å². The van der Waals surface area contributed by atoms with Crippen LogP contribution in [0.15, 0.2) is 35.4 Å². The minimum Gasteiger partial charge on any atom is -0.495 e. The highest BCUT2D eigenvalue weighted by Gasteiger charge is 2.33. The van der Waals surface area contributed by atoms with Crippen LogP contribution in [-0.4, -0.2) is 66.0 Å². The summed E-state index contributed by atoms with van der Waals surface area (Å²) in [5, 5.41) is 7.24. The van der Waals surface area contributed by atoms with Crippen LogP contribution in [0.2, 0.25) is 0 Å². The third-order valence-corrected chi connectivity index (χ3v) is 9.05. The number of hydrogen-bond donors (Lipinski definition) is 2. The van der Waals surface area contributed by atoms with Crippen molar-refractivity contribution < 1.29 is 18.3 Å². The number of hydrazone groups is 1. The number of amidine groups is 1. The van der Waals surface area contributed by atoms with Gasteiger partial charge in [-0.3, -0.25) is 15.5 Å². The van der Waals surface area contributed by atoms with Crippen LogP contribution < -0.4 is 15.6 Å². The van der Waals surface area contributed by atoms with Gasteiger partial charge < -0.3 is 14.5 Å². The van der Waals surface area contributed by atoms with Gasteiger partial charge in [-0.05, 0) is 55.0 Å². The number of allylic oxidation sites excluding steroid dienone is 1. The highest BCUT2D eigenvalue weighted by atomic mass is 32.2. The Bertz CT molecular complexity index is 1290. The Morgan fingerprint density at radius 2 is 2.08 bits per heavy atom. The first-order valence-electron chi connectivity index (χ1n) is 13.8. The standard InChI is InChI=1S/C29H36F2N6O2S/c1-5-29(2)10-12-37(13-11-29)24-15-19(20-14-22(26(30)31)36(3)17-23(20)39-4)21(16-32-24)27(38)33-28-35-34-25(40-28)9-8-18-6-7-18/h14-18,22,25-26,34H,5-7,10-13H2,1-4H3,(H,33,35,38). The molecule has 0 spiro atoms. The van der Waals surface area contributed by atoms with Gasteiger partial charge in [-0.15, -0.1) is 0 Å². The fraction of sp³-hybridized carbons (Fsp3) is 0.552. The molecule has 1 aliphatic carbocycles. The number of alkyl halides is 2. The molecule has 40 heavy (non-hydrogen) atoms. The zero-order valence-electron chi connectivity index (χ0n) is 23.3. The number of aromatic nitrogens is 1. The number of thioether (sulfide) groups is 1. The van der Waals surface area contributed by atoms with Crippen LogP contribution in [0, 0.1) is 23.2 Å². The largest absolute Gasteiger partial charge is 0.495 e. The van der Waals surface area contributed by atoms with Gasteiger partial charge in [-0.1, -0.05) is 32.1 Å². The molecule has 0 radical (unpaired) electrons. The number of methoxy groups -OCH3 is 1. The van der Waals surface area contributed by atoms with E-state index in [4.69, 9.17) is 4.74 Å². The van der Waals surface area contributed by atoms with E-state index in [2.05, 4.69) is 51.4 Å². The molecular formula is C29H36F2N6O2S. The number of amides is 1. The second-order valence-corrected chi connectivity index (χ2v) is 12.2. The Hall–Kier alpha value is -3.26. The van der Waals surface area contributed by atoms with Crippen LogP contribution in [0.3, 0.4) is 0 Å². The zero-order chi connectivity index (χ0) is 28.4. The molecule has 214 valence electrons. The Labute approximate surface area is 238 Å². The van der Waals surface area contributed by atoms with Gasteiger partial charge in [0.05, 0.1) is 12.7 Å². The Balaban J connectivity index is 1.45. The molecule has 1 amide bonds. The van der Waals surface area contributed by atoms with Crippen molar-refractivity contribution in [3.8, 4) is 11.8 Å². The summed E-state index contributed by atoms with van der Waals surface area (Å²) in [6.45, 7) is 6.19. The van der Waals surface area contributed by atoms with Crippen molar-refractivity contribution in [1.82, 2.24) is 20.6 Å². The minimum atomic E-state index is -2.62. The number of carbonyl (C=O) groups excluding carboxylic acids is 1. The lowest BCUT2D eigenvalue weighted by Gasteiger charge is -2.39. The minimum absolute atomic E-state index is 0.227. The van der Waals surface area contributed by atoms with E-state index in [0.29, 0.717) is 39.2 Å². The molecule has 0 bridgehead atoms. The average molecular weight is 571 g/mol. The van der Waals surface area contributed by atoms with Gasteiger partial charge in [-0.2, -0.15) is 5.10 Å². The highest BCUT2D eigenvalue weighted by molar-refractivity contribution is 8.14. The van der Waals surface area contributed by atoms with Gasteiger partial charge in [0.2, 0.25) is 0 Å². The number of pyridine rings is 1. The van der Waals surface area contributed by atoms with Crippen LogP contribution >= 0.6 is 11.8 Å². The van der Waals surface area contributed by atoms with Gasteiger partial charge in [0.1, 0.15) is 17.6 Å². The van der Waals surface area contributed by atoms with E-state index in [0.717, 1.165) is 45.2 Å². The normalized spacial score (nSPS) is 23.9. The first kappa shape index (κ1) is 28.3. The number of rotatable bonds is 6. The summed E-state index contributed by atoms with van der Waals surface area (Å²) in [7, 11) is 3.07. The van der Waals surface area contributed by atoms with Crippen molar-refractivity contribution in [1.29, 1.82) is 0 Å². The molecule has 1 aromatic rings. The molecule has 3 aliphatic heterocycles. The number of halogens is 2. The summed E-state index contributed by atoms with van der Waals surface area (Å²) in [4.78, 5) is 21.8. The van der Waals surface area contributed by atoms with Gasteiger partial charge >= 0.3 is 0 Å². The van der Waals surface area contributed by atoms with Crippen molar-refractivity contribution in [2.45, 2.75) is 63.8 Å². The van der Waals surface area contributed by atoms with Gasteiger partial charge in [-0.25, -0.2) is 13.8 Å². The third kappa shape index (κ3) is 6.22. The number of ether oxygens (including phenoxy) is 1. The van der Waals surface area contributed by atoms with Crippen molar-refractivity contribution in [2.75, 3.05) is 32.1 Å². The Morgan fingerprint density at radius 3 is 2.73 bits per heavy atom. The molecule has 11 heteroatoms. The van der Waals surface area contributed by atoms with Crippen LogP contribution in [0.1, 0.15) is 61.9 Å². The van der Waals surface area contributed by atoms with Crippen LogP contribution in [0.4, 0.5) is 14.6 Å². The van der Waals surface area contributed by atoms with Crippen LogP contribution in [-0.2, 0) is 4.74 Å². The summed E-state index contributed by atoms with van der Waals surface area (Å²) in [6, 6.07) is 0.661. The summed E-state index contributed by atoms with van der Waals surface area (Å²) in [5.74, 6) is 7.48. The summed E-state index contributed by atoms with van der Waals surface area (Å²) >= 11 is 1.33. The molecule has 2 fully saturated rings. The molecule has 0 aromatic carbocycles. The van der Waals surface area contributed by atoms with Gasteiger partial charge in [0, 0.05) is 49.6 Å². The molecule has 8 nitrogen and oxygen atoms in total. The maximum atomic E-state index is 14.0. The van der Waals surface area contributed by atoms with Gasteiger partial charge in [0.15, 0.2) is 10.5 Å². The molecule has 4 heterocycles. The lowest BCUT2D eigenvalue weighted by Crippen LogP contribution is -2.39. The topological polar surface area (TPSA) is 82.1 Å². The first-order valence-corrected chi connectivity index (χ1v) is 14.6. The second-order valence-electron chi connectivity index (χ2n) is 11.1. The van der Waals surface area contributed by atoms with Crippen molar-refractivity contribution in [3.05, 3.63) is 41.4 Å². The Morgan fingerprint density at radius 1 is 1.32 bits per heavy atom. The fourth-order valence-electron chi connectivity index (χ4n) is 4.98. The molecule has 1 saturated carbocycles. The number of anilines is 1. The van der Waals surface area contributed by atoms with E-state index in [9.17, 15) is 13.6 Å². The SMILES string of the molecule is CCC1(C)CCN(c2cc(C3=CC(C(F)F)N(C)C=C3OC)c(C(=O)NC3=NNC(C#CC4CC4)S3)cn2)CC1. The Kier molecular flexibility index (Phi) is 8.26. The maximum Gasteiger partial charge on any atom is 0.262 e. The quantitative estimate of drug-likeness (QED) is 0.483. The summed E-state index contributed by atoms with van der Waals surface area (Å²) in [6.07, 6.45) is 7.35. The first-order chi connectivity index (χ1) is 19.2. The van der Waals surface area contributed by atoms with Crippen molar-refractivity contribution in [3.63, 3.8) is 0 Å². The second kappa shape index (κ2) is 11.7. The molecule has 2 unspecified atom stereocenters. The smallest absolute Gasteiger partial charge is 0.262 e. The fourth-order valence-corrected chi connectivity index (χ4v) is 5.70. The van der Waals surface area contributed by atoms with Gasteiger partial charge in [0.25, 0.3) is 12.3 Å². The molecule has 5 rings (SSSR count). The van der Waals surface area contributed by atoms with E-state index in [1.165, 1.54) is 36.0 Å². The number of hydrogen-bond acceptors (Lipinski definition) is 8. The van der Waals surface area contributed by atoms with E-state index in [-0.39, 0.29) is 10.9 Å². The molecule has 1 saturated heterocycles. The summed E-state index contributed by atoms with van der Waals surface area (Å²) < 4.78 is 33.5. The van der Waals surface area contributed by atoms with E-state index < -0.39 is 18.4 Å². The zero-order valence-corrected chi connectivity index (χ0v) is 24.2. The average Bonchev–Trinajstić information content (AvgIpc) is 3.68. The molecule has 2 N–H and O–H groups in total. The number of likely N-dealkylation sites (N-methyl/N-ethyl adjacent to an activating group) is 1. The lowest BCUT2D eigenvalue weighted by atomic mass is 9.78. The van der Waals surface area contributed by atoms with Crippen molar-refractivity contribution >= 4 is 34.2 Å². The number of nitrogens with one attached hydrogen (secondary N) is 2. The lowest BCUT2D eigenvalue weighted by molar-refractivity contribution is 0.0780. The third-order valence-electron chi connectivity index (χ3n) is 8.17. The van der Waals surface area contributed by atoms with E-state index >= 15 is 0 Å². The van der Waals surface area contributed by atoms with Crippen molar-refractivity contribution in [2.24, 2.45) is 16.4 Å². The molecular weight excluding hydrogens is 534 g/mol. The predicted molar refractivity (Wildman–Crippen MR) is 155 cm³/mol. The highest BCUT2D eigenvalue weighted by Crippen LogP contribution is 2.38. The van der Waals surface area contributed by atoms with Crippen LogP contribution in [0.5, 0.6) is 0 Å². The van der Waals surface area contributed by atoms with E-state index in [1.807, 2.05) is 6.07 Å². The molecule has 1 aromatic heterocycles. The monoisotopic (exact) mass is 570 g/mol.